The van der Waals surface area contributed by atoms with Gasteiger partial charge < -0.3 is 14.6 Å². The molecule has 2 rings (SSSR count). The minimum Gasteiger partial charge on any atom is -0.383 e. The molecule has 1 fully saturated rings. The Hall–Kier alpha value is -0.940. The van der Waals surface area contributed by atoms with Crippen molar-refractivity contribution in [1.82, 2.24) is 20.1 Å². The predicted octanol–water partition coefficient (Wildman–Crippen LogP) is 0.595. The van der Waals surface area contributed by atoms with Gasteiger partial charge in [0.25, 0.3) is 0 Å². The summed E-state index contributed by atoms with van der Waals surface area (Å²) < 4.78 is 7.14. The number of aromatic nitrogens is 3. The van der Waals surface area contributed by atoms with E-state index in [0.29, 0.717) is 18.6 Å². The maximum absolute atomic E-state index is 5.06. The highest BCUT2D eigenvalue weighted by atomic mass is 16.5. The zero-order valence-corrected chi connectivity index (χ0v) is 9.31. The molecule has 5 nitrogen and oxygen atoms in total. The SMILES string of the molecule is COCCn1cnnc1C1NCCC1C. The third-order valence-electron chi connectivity index (χ3n) is 2.99. The Balaban J connectivity index is 2.09. The van der Waals surface area contributed by atoms with Crippen molar-refractivity contribution in [3.05, 3.63) is 12.2 Å². The predicted molar refractivity (Wildman–Crippen MR) is 56.4 cm³/mol. The Bertz CT molecular complexity index is 312. The molecule has 2 atom stereocenters. The Morgan fingerprint density at radius 2 is 2.53 bits per heavy atom. The smallest absolute Gasteiger partial charge is 0.150 e. The summed E-state index contributed by atoms with van der Waals surface area (Å²) in [4.78, 5) is 0. The second kappa shape index (κ2) is 4.72. The van der Waals surface area contributed by atoms with Gasteiger partial charge in [-0.2, -0.15) is 0 Å². The molecule has 2 unspecified atom stereocenters. The molecule has 0 bridgehead atoms. The molecule has 1 N–H and O–H groups in total. The number of ether oxygens (including phenoxy) is 1. The first-order valence-electron chi connectivity index (χ1n) is 5.43. The average Bonchev–Trinajstić information content (AvgIpc) is 2.82. The van der Waals surface area contributed by atoms with Crippen LogP contribution in [-0.2, 0) is 11.3 Å². The van der Waals surface area contributed by atoms with Gasteiger partial charge in [-0.05, 0) is 18.9 Å². The molecular formula is C10H18N4O. The van der Waals surface area contributed by atoms with Crippen molar-refractivity contribution >= 4 is 0 Å². The normalized spacial score (nSPS) is 26.0. The van der Waals surface area contributed by atoms with Crippen molar-refractivity contribution in [3.63, 3.8) is 0 Å². The molecule has 0 radical (unpaired) electrons. The minimum atomic E-state index is 0.351. The molecule has 5 heteroatoms. The van der Waals surface area contributed by atoms with E-state index in [4.69, 9.17) is 4.74 Å². The summed E-state index contributed by atoms with van der Waals surface area (Å²) in [5.74, 6) is 1.67. The van der Waals surface area contributed by atoms with Gasteiger partial charge in [-0.25, -0.2) is 0 Å². The first-order valence-corrected chi connectivity index (χ1v) is 5.43. The molecule has 15 heavy (non-hydrogen) atoms. The van der Waals surface area contributed by atoms with Crippen molar-refractivity contribution < 1.29 is 4.74 Å². The van der Waals surface area contributed by atoms with Gasteiger partial charge in [0.2, 0.25) is 0 Å². The number of hydrogen-bond acceptors (Lipinski definition) is 4. The van der Waals surface area contributed by atoms with Crippen LogP contribution in [0.25, 0.3) is 0 Å². The van der Waals surface area contributed by atoms with Crippen LogP contribution in [0.4, 0.5) is 0 Å². The van der Waals surface area contributed by atoms with Crippen LogP contribution in [0.3, 0.4) is 0 Å². The summed E-state index contributed by atoms with van der Waals surface area (Å²) in [7, 11) is 1.71. The van der Waals surface area contributed by atoms with Crippen molar-refractivity contribution in [3.8, 4) is 0 Å². The maximum atomic E-state index is 5.06. The zero-order chi connectivity index (χ0) is 10.7. The molecule has 0 aromatic carbocycles. The maximum Gasteiger partial charge on any atom is 0.150 e. The summed E-state index contributed by atoms with van der Waals surface area (Å²) in [6.45, 7) is 4.85. The van der Waals surface area contributed by atoms with E-state index in [0.717, 1.165) is 18.9 Å². The summed E-state index contributed by atoms with van der Waals surface area (Å²) >= 11 is 0. The third-order valence-corrected chi connectivity index (χ3v) is 2.99. The number of nitrogens with one attached hydrogen (secondary N) is 1. The van der Waals surface area contributed by atoms with Gasteiger partial charge in [-0.1, -0.05) is 6.92 Å². The molecule has 1 saturated heterocycles. The zero-order valence-electron chi connectivity index (χ0n) is 9.31. The van der Waals surface area contributed by atoms with Gasteiger partial charge in [-0.3, -0.25) is 0 Å². The highest BCUT2D eigenvalue weighted by molar-refractivity contribution is 5.00. The van der Waals surface area contributed by atoms with Crippen LogP contribution in [0.2, 0.25) is 0 Å². The lowest BCUT2D eigenvalue weighted by molar-refractivity contribution is 0.185. The van der Waals surface area contributed by atoms with E-state index < -0.39 is 0 Å². The van der Waals surface area contributed by atoms with Gasteiger partial charge in [-0.15, -0.1) is 10.2 Å². The van der Waals surface area contributed by atoms with Crippen molar-refractivity contribution in [2.24, 2.45) is 5.92 Å². The lowest BCUT2D eigenvalue weighted by Gasteiger charge is -2.15. The topological polar surface area (TPSA) is 52.0 Å². The summed E-state index contributed by atoms with van der Waals surface area (Å²) in [5.41, 5.74) is 0. The summed E-state index contributed by atoms with van der Waals surface area (Å²) in [6.07, 6.45) is 2.99. The van der Waals surface area contributed by atoms with Crippen LogP contribution >= 0.6 is 0 Å². The van der Waals surface area contributed by atoms with Crippen LogP contribution in [0.15, 0.2) is 6.33 Å². The molecule has 1 aliphatic rings. The molecular weight excluding hydrogens is 192 g/mol. The molecule has 1 aromatic rings. The van der Waals surface area contributed by atoms with Crippen LogP contribution in [0.5, 0.6) is 0 Å². The second-order valence-electron chi connectivity index (χ2n) is 4.07. The van der Waals surface area contributed by atoms with E-state index in [1.54, 1.807) is 13.4 Å². The Labute approximate surface area is 89.8 Å². The number of nitrogens with zero attached hydrogens (tertiary/aromatic N) is 3. The molecule has 1 aromatic heterocycles. The van der Waals surface area contributed by atoms with Crippen LogP contribution < -0.4 is 5.32 Å². The Kier molecular flexibility index (Phi) is 3.33. The highest BCUT2D eigenvalue weighted by Crippen LogP contribution is 2.27. The molecule has 0 aliphatic carbocycles. The molecule has 0 saturated carbocycles. The van der Waals surface area contributed by atoms with Crippen molar-refractivity contribution in [2.45, 2.75) is 25.9 Å². The van der Waals surface area contributed by atoms with Crippen molar-refractivity contribution in [2.75, 3.05) is 20.3 Å². The van der Waals surface area contributed by atoms with Gasteiger partial charge in [0.05, 0.1) is 12.6 Å². The molecule has 84 valence electrons. The largest absolute Gasteiger partial charge is 0.383 e. The molecule has 1 aliphatic heterocycles. The van der Waals surface area contributed by atoms with E-state index in [2.05, 4.69) is 27.0 Å². The molecule has 0 amide bonds. The molecule has 2 heterocycles. The van der Waals surface area contributed by atoms with Gasteiger partial charge in [0.1, 0.15) is 12.2 Å². The first kappa shape index (κ1) is 10.6. The van der Waals surface area contributed by atoms with Crippen LogP contribution in [0.1, 0.15) is 25.2 Å². The Morgan fingerprint density at radius 3 is 3.20 bits per heavy atom. The summed E-state index contributed by atoms with van der Waals surface area (Å²) in [5, 5.41) is 11.6. The quantitative estimate of drug-likeness (QED) is 0.790. The monoisotopic (exact) mass is 210 g/mol. The van der Waals surface area contributed by atoms with E-state index in [1.165, 1.54) is 6.42 Å². The standard InChI is InChI=1S/C10H18N4O/c1-8-3-4-11-9(8)10-13-12-7-14(10)5-6-15-2/h7-9,11H,3-6H2,1-2H3. The van der Waals surface area contributed by atoms with Gasteiger partial charge in [0.15, 0.2) is 0 Å². The van der Waals surface area contributed by atoms with Gasteiger partial charge in [0, 0.05) is 13.7 Å². The minimum absolute atomic E-state index is 0.351. The highest BCUT2D eigenvalue weighted by Gasteiger charge is 2.28. The lowest BCUT2D eigenvalue weighted by atomic mass is 10.0. The number of rotatable bonds is 4. The van der Waals surface area contributed by atoms with E-state index >= 15 is 0 Å². The third kappa shape index (κ3) is 2.18. The van der Waals surface area contributed by atoms with E-state index in [1.807, 2.05) is 0 Å². The Morgan fingerprint density at radius 1 is 1.67 bits per heavy atom. The fourth-order valence-electron chi connectivity index (χ4n) is 2.05. The lowest BCUT2D eigenvalue weighted by Crippen LogP contribution is -2.22. The van der Waals surface area contributed by atoms with E-state index in [9.17, 15) is 0 Å². The number of methoxy groups -OCH3 is 1. The fourth-order valence-corrected chi connectivity index (χ4v) is 2.05. The van der Waals surface area contributed by atoms with Crippen LogP contribution in [0, 0.1) is 5.92 Å². The van der Waals surface area contributed by atoms with Crippen LogP contribution in [-0.4, -0.2) is 35.0 Å². The first-order chi connectivity index (χ1) is 7.33. The summed E-state index contributed by atoms with van der Waals surface area (Å²) in [6, 6.07) is 0.351. The van der Waals surface area contributed by atoms with Gasteiger partial charge >= 0.3 is 0 Å². The fraction of sp³-hybridized carbons (Fsp3) is 0.800. The molecule has 0 spiro atoms. The van der Waals surface area contributed by atoms with E-state index in [-0.39, 0.29) is 0 Å². The second-order valence-corrected chi connectivity index (χ2v) is 4.07. The van der Waals surface area contributed by atoms with Crippen molar-refractivity contribution in [1.29, 1.82) is 0 Å². The average molecular weight is 210 g/mol. The number of hydrogen-bond donors (Lipinski definition) is 1.